The van der Waals surface area contributed by atoms with Gasteiger partial charge < -0.3 is 0 Å². The Morgan fingerprint density at radius 1 is 1.08 bits per heavy atom. The first-order valence-corrected chi connectivity index (χ1v) is 9.14. The molecule has 1 aromatic carbocycles. The first-order chi connectivity index (χ1) is 11.6. The molecule has 0 bridgehead atoms. The van der Waals surface area contributed by atoms with Gasteiger partial charge in [0.15, 0.2) is 5.78 Å². The molecule has 1 spiro atoms. The van der Waals surface area contributed by atoms with Gasteiger partial charge in [0.25, 0.3) is 0 Å². The molecule has 1 aromatic rings. The van der Waals surface area contributed by atoms with Gasteiger partial charge in [0.2, 0.25) is 0 Å². The van der Waals surface area contributed by atoms with E-state index in [2.05, 4.69) is 37.4 Å². The molecule has 2 heteroatoms. The molecule has 0 aromatic heterocycles. The van der Waals surface area contributed by atoms with Crippen LogP contribution in [0.5, 0.6) is 0 Å². The van der Waals surface area contributed by atoms with Crippen LogP contribution in [0.2, 0.25) is 0 Å². The second-order valence-corrected chi connectivity index (χ2v) is 7.86. The van der Waals surface area contributed by atoms with Gasteiger partial charge in [-0.25, -0.2) is 0 Å². The molecule has 0 aliphatic heterocycles. The summed E-state index contributed by atoms with van der Waals surface area (Å²) in [5.74, 6) is 0.901. The van der Waals surface area contributed by atoms with Gasteiger partial charge in [-0.2, -0.15) is 0 Å². The predicted molar refractivity (Wildman–Crippen MR) is 102 cm³/mol. The van der Waals surface area contributed by atoms with Gasteiger partial charge in [-0.05, 0) is 66.9 Å². The number of ketones is 1. The van der Waals surface area contributed by atoms with Crippen LogP contribution in [0.1, 0.15) is 41.6 Å². The molecule has 0 atom stereocenters. The molecule has 3 aliphatic carbocycles. The molecule has 122 valence electrons. The van der Waals surface area contributed by atoms with E-state index in [1.807, 2.05) is 30.4 Å². The molecule has 0 radical (unpaired) electrons. The zero-order chi connectivity index (χ0) is 16.7. The maximum Gasteiger partial charge on any atom is 0.169 e. The molecule has 0 amide bonds. The number of Topliss-reactive ketones (excluding diaryl/α,β-unsaturated/α-hetero) is 1. The quantitative estimate of drug-likeness (QED) is 0.674. The second-order valence-electron chi connectivity index (χ2n) is 7.34. The summed E-state index contributed by atoms with van der Waals surface area (Å²) >= 11 is 4.44. The van der Waals surface area contributed by atoms with E-state index >= 15 is 0 Å². The van der Waals surface area contributed by atoms with Crippen molar-refractivity contribution in [3.63, 3.8) is 0 Å². The molecule has 3 aliphatic rings. The van der Waals surface area contributed by atoms with Crippen LogP contribution in [0.3, 0.4) is 0 Å². The summed E-state index contributed by atoms with van der Waals surface area (Å²) in [7, 11) is 0. The minimum atomic E-state index is -0.140. The fourth-order valence-corrected chi connectivity index (χ4v) is 4.75. The summed E-state index contributed by atoms with van der Waals surface area (Å²) in [5, 5.41) is 0. The lowest BCUT2D eigenvalue weighted by atomic mass is 9.66. The third-order valence-electron chi connectivity index (χ3n) is 5.82. The van der Waals surface area contributed by atoms with Crippen LogP contribution in [0.25, 0.3) is 0 Å². The topological polar surface area (TPSA) is 17.1 Å². The van der Waals surface area contributed by atoms with E-state index in [9.17, 15) is 4.79 Å². The Bertz CT molecular complexity index is 801. The molecular formula is C22H22OS. The Morgan fingerprint density at radius 2 is 1.83 bits per heavy atom. The van der Waals surface area contributed by atoms with Crippen molar-refractivity contribution in [3.8, 4) is 0 Å². The zero-order valence-corrected chi connectivity index (χ0v) is 14.7. The fraction of sp³-hybridized carbons (Fsp3) is 0.318. The normalized spacial score (nSPS) is 29.3. The van der Waals surface area contributed by atoms with Gasteiger partial charge in [0, 0.05) is 15.9 Å². The van der Waals surface area contributed by atoms with Crippen molar-refractivity contribution in [2.45, 2.75) is 32.1 Å². The van der Waals surface area contributed by atoms with Crippen LogP contribution in [0.4, 0.5) is 0 Å². The Kier molecular flexibility index (Phi) is 3.88. The van der Waals surface area contributed by atoms with Crippen molar-refractivity contribution < 1.29 is 4.79 Å². The maximum atomic E-state index is 12.9. The highest BCUT2D eigenvalue weighted by Gasteiger charge is 2.47. The number of rotatable bonds is 1. The number of thiol groups is 1. The molecule has 0 unspecified atom stereocenters. The van der Waals surface area contributed by atoms with E-state index in [1.54, 1.807) is 0 Å². The highest BCUT2D eigenvalue weighted by atomic mass is 32.1. The molecule has 24 heavy (non-hydrogen) atoms. The van der Waals surface area contributed by atoms with Crippen LogP contribution in [0.15, 0.2) is 71.2 Å². The lowest BCUT2D eigenvalue weighted by Crippen LogP contribution is -2.33. The average molecular weight is 334 g/mol. The van der Waals surface area contributed by atoms with Crippen LogP contribution in [0, 0.1) is 11.3 Å². The number of carbonyl (C=O) groups is 1. The Labute approximate surface area is 149 Å². The maximum absolute atomic E-state index is 12.9. The lowest BCUT2D eigenvalue weighted by Gasteiger charge is -2.36. The molecule has 1 saturated carbocycles. The third kappa shape index (κ3) is 2.63. The largest absolute Gasteiger partial charge is 0.294 e. The van der Waals surface area contributed by atoms with Crippen molar-refractivity contribution >= 4 is 18.4 Å². The van der Waals surface area contributed by atoms with Gasteiger partial charge in [-0.3, -0.25) is 4.79 Å². The first kappa shape index (κ1) is 15.7. The van der Waals surface area contributed by atoms with Gasteiger partial charge in [-0.15, -0.1) is 12.6 Å². The monoisotopic (exact) mass is 334 g/mol. The van der Waals surface area contributed by atoms with E-state index in [0.29, 0.717) is 11.7 Å². The van der Waals surface area contributed by atoms with E-state index in [4.69, 9.17) is 0 Å². The van der Waals surface area contributed by atoms with Crippen LogP contribution in [-0.2, 0) is 6.42 Å². The van der Waals surface area contributed by atoms with Crippen molar-refractivity contribution in [2.24, 2.45) is 11.3 Å². The highest BCUT2D eigenvalue weighted by Crippen LogP contribution is 2.50. The summed E-state index contributed by atoms with van der Waals surface area (Å²) in [4.78, 5) is 13.9. The Morgan fingerprint density at radius 3 is 2.58 bits per heavy atom. The molecule has 1 nitrogen and oxygen atoms in total. The van der Waals surface area contributed by atoms with Crippen molar-refractivity contribution in [1.82, 2.24) is 0 Å². The van der Waals surface area contributed by atoms with E-state index in [0.717, 1.165) is 48.1 Å². The van der Waals surface area contributed by atoms with Crippen LogP contribution < -0.4 is 0 Å². The minimum absolute atomic E-state index is 0.140. The predicted octanol–water partition coefficient (Wildman–Crippen LogP) is 5.47. The number of fused-ring (bicyclic) bond motifs is 1. The molecule has 0 saturated heterocycles. The standard InChI is InChI=1S/C22H22OS/c1-15-12-17(6-7-19(24)13-15)16-8-10-22(11-9-16)14-18-4-2-3-5-20(18)21(22)23/h2-7,12-13,16,24H,1,8-11,14H2. The number of carbonyl (C=O) groups excluding carboxylic acids is 1. The molecular weight excluding hydrogens is 312 g/mol. The molecule has 0 N–H and O–H groups in total. The molecule has 4 rings (SSSR count). The summed E-state index contributed by atoms with van der Waals surface area (Å²) < 4.78 is 0. The zero-order valence-electron chi connectivity index (χ0n) is 13.8. The second kappa shape index (κ2) is 5.93. The smallest absolute Gasteiger partial charge is 0.169 e. The summed E-state index contributed by atoms with van der Waals surface area (Å²) in [6.45, 7) is 4.08. The minimum Gasteiger partial charge on any atom is -0.294 e. The fourth-order valence-electron chi connectivity index (χ4n) is 4.51. The van der Waals surface area contributed by atoms with Crippen molar-refractivity contribution in [3.05, 3.63) is 82.3 Å². The number of hydrogen-bond acceptors (Lipinski definition) is 2. The highest BCUT2D eigenvalue weighted by molar-refractivity contribution is 7.84. The first-order valence-electron chi connectivity index (χ1n) is 8.69. The SMILES string of the molecule is C=C1C=C(S)C=CC(C2CCC3(CC2)Cc2ccccc2C3=O)=C1. The van der Waals surface area contributed by atoms with Crippen LogP contribution in [-0.4, -0.2) is 5.78 Å². The number of benzene rings is 1. The van der Waals surface area contributed by atoms with Crippen LogP contribution >= 0.6 is 12.6 Å². The van der Waals surface area contributed by atoms with Gasteiger partial charge in [-0.1, -0.05) is 43.0 Å². The van der Waals surface area contributed by atoms with Crippen molar-refractivity contribution in [2.75, 3.05) is 0 Å². The van der Waals surface area contributed by atoms with Gasteiger partial charge in [0.05, 0.1) is 0 Å². The molecule has 1 fully saturated rings. The number of hydrogen-bond donors (Lipinski definition) is 1. The van der Waals surface area contributed by atoms with Crippen molar-refractivity contribution in [1.29, 1.82) is 0 Å². The van der Waals surface area contributed by atoms with E-state index in [-0.39, 0.29) is 5.41 Å². The Balaban J connectivity index is 1.52. The summed E-state index contributed by atoms with van der Waals surface area (Å²) in [6, 6.07) is 8.15. The van der Waals surface area contributed by atoms with Gasteiger partial charge in [0.1, 0.15) is 0 Å². The van der Waals surface area contributed by atoms with Gasteiger partial charge >= 0.3 is 0 Å². The van der Waals surface area contributed by atoms with E-state index in [1.165, 1.54) is 11.1 Å². The summed E-state index contributed by atoms with van der Waals surface area (Å²) in [5.41, 5.74) is 4.40. The lowest BCUT2D eigenvalue weighted by molar-refractivity contribution is 0.0721. The summed E-state index contributed by atoms with van der Waals surface area (Å²) in [6.07, 6.45) is 13.4. The number of allylic oxidation sites excluding steroid dienone is 6. The van der Waals surface area contributed by atoms with E-state index < -0.39 is 0 Å². The Hall–Kier alpha value is -1.80. The third-order valence-corrected chi connectivity index (χ3v) is 6.10. The molecule has 0 heterocycles. The average Bonchev–Trinajstić information content (AvgIpc) is 2.72.